The summed E-state index contributed by atoms with van der Waals surface area (Å²) in [4.78, 5) is 0. The highest BCUT2D eigenvalue weighted by molar-refractivity contribution is 7.98. The molecule has 9 heteroatoms. The first-order chi connectivity index (χ1) is 10.9. The molecule has 7 nitrogen and oxygen atoms in total. The second kappa shape index (κ2) is 6.29. The van der Waals surface area contributed by atoms with Crippen molar-refractivity contribution >= 4 is 23.4 Å². The maximum atomic E-state index is 6.13. The summed E-state index contributed by atoms with van der Waals surface area (Å²) in [6, 6.07) is 7.35. The molecular weight excluding hydrogens is 336 g/mol. The summed E-state index contributed by atoms with van der Waals surface area (Å²) in [6.07, 6.45) is 0. The van der Waals surface area contributed by atoms with E-state index >= 15 is 0 Å². The average Bonchev–Trinajstić information content (AvgIpc) is 3.14. The number of hydrogen-bond donors (Lipinski definition) is 0. The Morgan fingerprint density at radius 1 is 1.17 bits per heavy atom. The molecule has 0 atom stereocenters. The van der Waals surface area contributed by atoms with E-state index in [2.05, 4.69) is 25.7 Å². The summed E-state index contributed by atoms with van der Waals surface area (Å²) >= 11 is 7.58. The molecule has 0 bridgehead atoms. The number of hydrogen-bond acceptors (Lipinski definition) is 7. The molecule has 0 aliphatic carbocycles. The lowest BCUT2D eigenvalue weighted by molar-refractivity contribution is 0.321. The van der Waals surface area contributed by atoms with E-state index in [-0.39, 0.29) is 5.54 Å². The van der Waals surface area contributed by atoms with Gasteiger partial charge in [0.2, 0.25) is 16.9 Å². The monoisotopic (exact) mass is 350 g/mol. The molecule has 0 radical (unpaired) electrons. The normalized spacial score (nSPS) is 11.8. The van der Waals surface area contributed by atoms with Crippen molar-refractivity contribution < 1.29 is 4.42 Å². The van der Waals surface area contributed by atoms with Crippen LogP contribution in [0.5, 0.6) is 0 Å². The maximum Gasteiger partial charge on any atom is 0.249 e. The molecule has 0 N–H and O–H groups in total. The molecule has 0 saturated heterocycles. The van der Waals surface area contributed by atoms with Crippen LogP contribution in [-0.4, -0.2) is 30.4 Å². The van der Waals surface area contributed by atoms with Crippen LogP contribution in [0.25, 0.3) is 11.5 Å². The number of nitrogens with zero attached hydrogens (tertiary/aromatic N) is 6. The van der Waals surface area contributed by atoms with Gasteiger partial charge in [-0.15, -0.1) is 15.3 Å². The van der Waals surface area contributed by atoms with Gasteiger partial charge in [-0.3, -0.25) is 0 Å². The minimum atomic E-state index is -0.191. The molecule has 0 unspecified atom stereocenters. The standard InChI is InChI=1S/C14H15ClN6OS/c1-14(2,3)21-13(18-19-20-21)23-8-11-16-17-12(22-11)9-6-4-5-7-10(9)15/h4-7H,8H2,1-3H3. The SMILES string of the molecule is CC(C)(C)n1nnnc1SCc1nnc(-c2ccccc2Cl)o1. The Hall–Kier alpha value is -1.93. The molecule has 3 aromatic rings. The number of benzene rings is 1. The largest absolute Gasteiger partial charge is 0.420 e. The highest BCUT2D eigenvalue weighted by atomic mass is 35.5. The van der Waals surface area contributed by atoms with Gasteiger partial charge in [-0.25, -0.2) is 4.68 Å². The van der Waals surface area contributed by atoms with Crippen LogP contribution >= 0.6 is 23.4 Å². The molecule has 0 fully saturated rings. The van der Waals surface area contributed by atoms with E-state index in [0.29, 0.717) is 27.7 Å². The maximum absolute atomic E-state index is 6.13. The van der Waals surface area contributed by atoms with E-state index in [0.717, 1.165) is 5.56 Å². The highest BCUT2D eigenvalue weighted by Crippen LogP contribution is 2.28. The lowest BCUT2D eigenvalue weighted by Gasteiger charge is -2.19. The van der Waals surface area contributed by atoms with Crippen LogP contribution in [0.1, 0.15) is 26.7 Å². The Balaban J connectivity index is 1.74. The van der Waals surface area contributed by atoms with Gasteiger partial charge in [0.05, 0.1) is 21.9 Å². The minimum absolute atomic E-state index is 0.191. The number of tetrazole rings is 1. The first kappa shape index (κ1) is 15.9. The smallest absolute Gasteiger partial charge is 0.249 e. The Kier molecular flexibility index (Phi) is 4.36. The zero-order valence-electron chi connectivity index (χ0n) is 12.9. The number of thioether (sulfide) groups is 1. The van der Waals surface area contributed by atoms with Crippen molar-refractivity contribution in [2.75, 3.05) is 0 Å². The van der Waals surface area contributed by atoms with Gasteiger partial charge in [0.25, 0.3) is 0 Å². The van der Waals surface area contributed by atoms with E-state index in [1.807, 2.05) is 39.0 Å². The van der Waals surface area contributed by atoms with Crippen LogP contribution in [0, 0.1) is 0 Å². The second-order valence-electron chi connectivity index (χ2n) is 5.81. The first-order valence-electron chi connectivity index (χ1n) is 6.94. The van der Waals surface area contributed by atoms with Crippen LogP contribution in [0.4, 0.5) is 0 Å². The van der Waals surface area contributed by atoms with Crippen molar-refractivity contribution in [2.24, 2.45) is 0 Å². The van der Waals surface area contributed by atoms with Crippen molar-refractivity contribution in [1.82, 2.24) is 30.4 Å². The van der Waals surface area contributed by atoms with E-state index in [4.69, 9.17) is 16.0 Å². The van der Waals surface area contributed by atoms with Crippen LogP contribution in [0.15, 0.2) is 33.8 Å². The lowest BCUT2D eigenvalue weighted by Crippen LogP contribution is -2.24. The average molecular weight is 351 g/mol. The predicted molar refractivity (Wildman–Crippen MR) is 87.1 cm³/mol. The molecule has 0 spiro atoms. The molecular formula is C14H15ClN6OS. The minimum Gasteiger partial charge on any atom is -0.420 e. The highest BCUT2D eigenvalue weighted by Gasteiger charge is 2.21. The molecule has 0 aliphatic rings. The van der Waals surface area contributed by atoms with Crippen LogP contribution in [0.3, 0.4) is 0 Å². The van der Waals surface area contributed by atoms with Crippen molar-refractivity contribution in [1.29, 1.82) is 0 Å². The topological polar surface area (TPSA) is 82.5 Å². The summed E-state index contributed by atoms with van der Waals surface area (Å²) in [6.45, 7) is 6.11. The van der Waals surface area contributed by atoms with Crippen LogP contribution in [-0.2, 0) is 11.3 Å². The van der Waals surface area contributed by atoms with Gasteiger partial charge in [-0.2, -0.15) is 0 Å². The third-order valence-electron chi connectivity index (χ3n) is 2.97. The van der Waals surface area contributed by atoms with Gasteiger partial charge in [-0.05, 0) is 43.3 Å². The van der Waals surface area contributed by atoms with Gasteiger partial charge in [-0.1, -0.05) is 35.5 Å². The van der Waals surface area contributed by atoms with E-state index in [1.165, 1.54) is 11.8 Å². The summed E-state index contributed by atoms with van der Waals surface area (Å²) in [5.74, 6) is 1.38. The zero-order chi connectivity index (χ0) is 16.4. The number of rotatable bonds is 4. The molecule has 23 heavy (non-hydrogen) atoms. The van der Waals surface area contributed by atoms with Crippen molar-refractivity contribution in [3.63, 3.8) is 0 Å². The lowest BCUT2D eigenvalue weighted by atomic mass is 10.1. The Labute approximate surface area is 142 Å². The van der Waals surface area contributed by atoms with Crippen LogP contribution in [0.2, 0.25) is 5.02 Å². The fraction of sp³-hybridized carbons (Fsp3) is 0.357. The van der Waals surface area contributed by atoms with E-state index < -0.39 is 0 Å². The third-order valence-corrected chi connectivity index (χ3v) is 4.21. The molecule has 0 saturated carbocycles. The molecule has 0 aliphatic heterocycles. The first-order valence-corrected chi connectivity index (χ1v) is 8.30. The van der Waals surface area contributed by atoms with Crippen molar-refractivity contribution in [3.8, 4) is 11.5 Å². The van der Waals surface area contributed by atoms with Gasteiger partial charge in [0, 0.05) is 0 Å². The molecule has 0 amide bonds. The van der Waals surface area contributed by atoms with Gasteiger partial charge >= 0.3 is 0 Å². The van der Waals surface area contributed by atoms with Gasteiger partial charge < -0.3 is 4.42 Å². The molecule has 2 heterocycles. The Morgan fingerprint density at radius 3 is 2.70 bits per heavy atom. The van der Waals surface area contributed by atoms with E-state index in [9.17, 15) is 0 Å². The Bertz CT molecular complexity index is 809. The second-order valence-corrected chi connectivity index (χ2v) is 7.16. The van der Waals surface area contributed by atoms with Crippen LogP contribution < -0.4 is 0 Å². The molecule has 3 rings (SSSR count). The molecule has 1 aromatic carbocycles. The molecule has 120 valence electrons. The van der Waals surface area contributed by atoms with Crippen molar-refractivity contribution in [2.45, 2.75) is 37.2 Å². The summed E-state index contributed by atoms with van der Waals surface area (Å²) < 4.78 is 7.44. The molecule has 2 aromatic heterocycles. The summed E-state index contributed by atoms with van der Waals surface area (Å²) in [5, 5.41) is 21.1. The summed E-state index contributed by atoms with van der Waals surface area (Å²) in [5.41, 5.74) is 0.529. The number of aromatic nitrogens is 6. The van der Waals surface area contributed by atoms with Crippen molar-refractivity contribution in [3.05, 3.63) is 35.2 Å². The summed E-state index contributed by atoms with van der Waals surface area (Å²) in [7, 11) is 0. The Morgan fingerprint density at radius 2 is 1.96 bits per heavy atom. The van der Waals surface area contributed by atoms with Gasteiger partial charge in [0.1, 0.15) is 0 Å². The fourth-order valence-corrected chi connectivity index (χ4v) is 2.98. The number of halogens is 1. The fourth-order valence-electron chi connectivity index (χ4n) is 1.87. The quantitative estimate of drug-likeness (QED) is 0.666. The predicted octanol–water partition coefficient (Wildman–Crippen LogP) is 3.42. The van der Waals surface area contributed by atoms with E-state index in [1.54, 1.807) is 10.7 Å². The zero-order valence-corrected chi connectivity index (χ0v) is 14.5. The third kappa shape index (κ3) is 3.53. The van der Waals surface area contributed by atoms with Gasteiger partial charge in [0.15, 0.2) is 0 Å².